The van der Waals surface area contributed by atoms with E-state index in [0.717, 1.165) is 4.67 Å². The van der Waals surface area contributed by atoms with E-state index in [1.54, 1.807) is 60.7 Å². The van der Waals surface area contributed by atoms with Crippen LogP contribution in [0.2, 0.25) is 0 Å². The van der Waals surface area contributed by atoms with E-state index in [1.807, 2.05) is 9.39 Å². The molecule has 4 atom stereocenters. The predicted octanol–water partition coefficient (Wildman–Crippen LogP) is 6.92. The summed E-state index contributed by atoms with van der Waals surface area (Å²) in [5, 5.41) is 9.79. The van der Waals surface area contributed by atoms with Crippen molar-refractivity contribution in [3.05, 3.63) is 107 Å². The molecular formula is C34H34F6N3O6P. The number of carbonyl (C=O) groups is 3. The molecule has 16 heteroatoms. The number of alkyl halides is 6. The van der Waals surface area contributed by atoms with E-state index >= 15 is 0 Å². The van der Waals surface area contributed by atoms with Crippen molar-refractivity contribution >= 4 is 27.4 Å². The number of likely N-dealkylation sites (tertiary alicyclic amines) is 1. The number of nitrogens with zero attached hydrogens (tertiary/aromatic N) is 3. The first-order chi connectivity index (χ1) is 23.5. The number of hydrogen-bond donors (Lipinski definition) is 1. The zero-order chi connectivity index (χ0) is 36.5. The Hall–Kier alpha value is -4.20. The van der Waals surface area contributed by atoms with Gasteiger partial charge in [0.1, 0.15) is 12.1 Å². The van der Waals surface area contributed by atoms with Gasteiger partial charge in [-0.15, -0.1) is 0 Å². The molecule has 2 saturated heterocycles. The van der Waals surface area contributed by atoms with Gasteiger partial charge >= 0.3 is 24.5 Å². The highest BCUT2D eigenvalue weighted by Crippen LogP contribution is 2.48. The topological polar surface area (TPSA) is 99.6 Å². The molecule has 0 saturated carbocycles. The fourth-order valence-electron chi connectivity index (χ4n) is 6.48. The van der Waals surface area contributed by atoms with E-state index in [4.69, 9.17) is 9.47 Å². The van der Waals surface area contributed by atoms with Crippen molar-refractivity contribution in [2.24, 2.45) is 0 Å². The molecule has 1 N–H and O–H groups in total. The molecule has 4 amide bonds. The average Bonchev–Trinajstić information content (AvgIpc) is 3.26. The van der Waals surface area contributed by atoms with Gasteiger partial charge in [0.2, 0.25) is 0 Å². The standard InChI is InChI=1S/C34H34F6N3O6P/c1-22(24-16-26(33(35,36)37)18-27(17-24)34(38,39)40)49-21-32(25-10-6-3-7-11-25)13-12-31(28(45)43(50)29(46)41(31)14-15-44)20-42(32)30(47)48-19-23-8-4-2-5-9-23/h2-11,16-18,22,44H,12-15,19-21,50H2,1H3/t22-,31?,32-/m1/s1. The number of carbonyl (C=O) groups excluding carboxylic acids is 3. The lowest BCUT2D eigenvalue weighted by Gasteiger charge is -2.53. The van der Waals surface area contributed by atoms with Crippen LogP contribution in [0.5, 0.6) is 0 Å². The van der Waals surface area contributed by atoms with Gasteiger partial charge in [0.15, 0.2) is 0 Å². The molecule has 9 nitrogen and oxygen atoms in total. The number of benzene rings is 3. The van der Waals surface area contributed by atoms with Crippen molar-refractivity contribution in [2.75, 3.05) is 26.3 Å². The maximum absolute atomic E-state index is 14.2. The van der Waals surface area contributed by atoms with Crippen LogP contribution in [0, 0.1) is 0 Å². The highest BCUT2D eigenvalue weighted by Gasteiger charge is 2.63. The summed E-state index contributed by atoms with van der Waals surface area (Å²) in [5.74, 6) is -0.651. The van der Waals surface area contributed by atoms with E-state index in [9.17, 15) is 45.8 Å². The first kappa shape index (κ1) is 37.1. The number of urea groups is 1. The smallest absolute Gasteiger partial charge is 0.416 e. The second kappa shape index (κ2) is 14.2. The van der Waals surface area contributed by atoms with Crippen LogP contribution in [-0.2, 0) is 38.8 Å². The molecule has 0 radical (unpaired) electrons. The number of halogens is 6. The maximum atomic E-state index is 14.2. The Morgan fingerprint density at radius 1 is 0.920 bits per heavy atom. The summed E-state index contributed by atoms with van der Waals surface area (Å²) in [6.45, 7) is -0.474. The minimum atomic E-state index is -5.07. The van der Waals surface area contributed by atoms with Crippen LogP contribution < -0.4 is 0 Å². The third-order valence-corrected chi connectivity index (χ3v) is 9.63. The van der Waals surface area contributed by atoms with E-state index in [1.165, 1.54) is 16.7 Å². The lowest BCUT2D eigenvalue weighted by atomic mass is 9.74. The SMILES string of the molecule is C[C@@H](OC[C@@]1(c2ccccc2)CCC2(CN1C(=O)OCc1ccccc1)C(=O)N(P)C(=O)N2CCO)c1cc(C(F)(F)F)cc(C(F)(F)F)c1. The van der Waals surface area contributed by atoms with Crippen molar-refractivity contribution in [1.29, 1.82) is 0 Å². The summed E-state index contributed by atoms with van der Waals surface area (Å²) in [6.07, 6.45) is -12.5. The first-order valence-electron chi connectivity index (χ1n) is 15.5. The predicted molar refractivity (Wildman–Crippen MR) is 170 cm³/mol. The number of aliphatic hydroxyl groups is 1. The van der Waals surface area contributed by atoms with Crippen LogP contribution >= 0.6 is 9.39 Å². The zero-order valence-corrected chi connectivity index (χ0v) is 27.9. The number of piperidine rings is 1. The highest BCUT2D eigenvalue weighted by atomic mass is 31.0. The van der Waals surface area contributed by atoms with E-state index < -0.39 is 84.0 Å². The number of β-amino-alcohol motifs (C(OH)–C–C–N with tert-alkyl or cyclic N) is 1. The number of hydrogen-bond acceptors (Lipinski definition) is 6. The van der Waals surface area contributed by atoms with Crippen LogP contribution in [0.1, 0.15) is 53.7 Å². The molecule has 1 spiro atoms. The lowest BCUT2D eigenvalue weighted by Crippen LogP contribution is -2.68. The fraction of sp³-hybridized carbons (Fsp3) is 0.382. The van der Waals surface area contributed by atoms with E-state index in [-0.39, 0.29) is 32.1 Å². The third kappa shape index (κ3) is 7.17. The molecule has 2 aliphatic rings. The molecule has 0 bridgehead atoms. The van der Waals surface area contributed by atoms with Crippen molar-refractivity contribution in [3.63, 3.8) is 0 Å². The van der Waals surface area contributed by atoms with Gasteiger partial charge in [0.25, 0.3) is 5.91 Å². The molecular weight excluding hydrogens is 691 g/mol. The summed E-state index contributed by atoms with van der Waals surface area (Å²) in [7, 11) is 2.04. The summed E-state index contributed by atoms with van der Waals surface area (Å²) >= 11 is 0. The van der Waals surface area contributed by atoms with Gasteiger partial charge in [-0.2, -0.15) is 26.3 Å². The zero-order valence-electron chi connectivity index (χ0n) is 26.7. The third-order valence-electron chi connectivity index (χ3n) is 9.17. The van der Waals surface area contributed by atoms with Crippen LogP contribution in [0.3, 0.4) is 0 Å². The quantitative estimate of drug-likeness (QED) is 0.146. The van der Waals surface area contributed by atoms with Gasteiger partial charge in [-0.1, -0.05) is 60.7 Å². The average molecular weight is 726 g/mol. The van der Waals surface area contributed by atoms with Gasteiger partial charge in [-0.05, 0) is 64.0 Å². The Morgan fingerprint density at radius 3 is 2.06 bits per heavy atom. The van der Waals surface area contributed by atoms with Gasteiger partial charge < -0.3 is 19.5 Å². The molecule has 2 fully saturated rings. The Morgan fingerprint density at radius 2 is 1.50 bits per heavy atom. The van der Waals surface area contributed by atoms with Gasteiger partial charge in [-0.3, -0.25) is 9.69 Å². The largest absolute Gasteiger partial charge is 0.445 e. The second-order valence-corrected chi connectivity index (χ2v) is 12.7. The van der Waals surface area contributed by atoms with Crippen molar-refractivity contribution in [2.45, 2.75) is 55.9 Å². The number of imide groups is 1. The fourth-order valence-corrected chi connectivity index (χ4v) is 6.86. The van der Waals surface area contributed by atoms with Crippen LogP contribution in [0.25, 0.3) is 0 Å². The van der Waals surface area contributed by atoms with Crippen molar-refractivity contribution in [3.8, 4) is 0 Å². The molecule has 2 heterocycles. The molecule has 50 heavy (non-hydrogen) atoms. The number of ether oxygens (including phenoxy) is 2. The first-order valence-corrected chi connectivity index (χ1v) is 16.0. The number of aliphatic hydroxyl groups excluding tert-OH is 1. The van der Waals surface area contributed by atoms with Crippen LogP contribution in [-0.4, -0.2) is 69.5 Å². The Kier molecular flexibility index (Phi) is 10.5. The minimum Gasteiger partial charge on any atom is -0.445 e. The summed E-state index contributed by atoms with van der Waals surface area (Å²) < 4.78 is 94.7. The van der Waals surface area contributed by atoms with Crippen molar-refractivity contribution < 1.29 is 55.3 Å². The molecule has 0 aliphatic carbocycles. The molecule has 0 aromatic heterocycles. The summed E-state index contributed by atoms with van der Waals surface area (Å²) in [6, 6.07) is 17.6. The molecule has 3 aromatic rings. The summed E-state index contributed by atoms with van der Waals surface area (Å²) in [4.78, 5) is 43.4. The Balaban J connectivity index is 1.57. The maximum Gasteiger partial charge on any atom is 0.416 e. The number of rotatable bonds is 9. The second-order valence-electron chi connectivity index (χ2n) is 12.2. The molecule has 3 aromatic carbocycles. The van der Waals surface area contributed by atoms with Gasteiger partial charge in [-0.25, -0.2) is 14.3 Å². The summed E-state index contributed by atoms with van der Waals surface area (Å²) in [5.41, 5.74) is -5.39. The molecule has 5 rings (SSSR count). The molecule has 268 valence electrons. The Labute approximate surface area is 286 Å². The lowest BCUT2D eigenvalue weighted by molar-refractivity contribution is -0.144. The normalized spacial score (nSPS) is 22.0. The van der Waals surface area contributed by atoms with Gasteiger partial charge in [0.05, 0.1) is 42.5 Å². The van der Waals surface area contributed by atoms with Gasteiger partial charge in [0, 0.05) is 6.54 Å². The highest BCUT2D eigenvalue weighted by molar-refractivity contribution is 7.16. The monoisotopic (exact) mass is 725 g/mol. The van der Waals surface area contributed by atoms with Crippen LogP contribution in [0.4, 0.5) is 35.9 Å². The minimum absolute atomic E-state index is 0.0279. The van der Waals surface area contributed by atoms with E-state index in [0.29, 0.717) is 23.3 Å². The van der Waals surface area contributed by atoms with Crippen molar-refractivity contribution in [1.82, 2.24) is 14.5 Å². The van der Waals surface area contributed by atoms with E-state index in [2.05, 4.69) is 0 Å². The van der Waals surface area contributed by atoms with Crippen LogP contribution in [0.15, 0.2) is 78.9 Å². The molecule has 2 aliphatic heterocycles. The molecule has 2 unspecified atom stereocenters. The number of amides is 4. The Bertz CT molecular complexity index is 1680.